The van der Waals surface area contributed by atoms with E-state index in [0.717, 1.165) is 59.7 Å². The van der Waals surface area contributed by atoms with E-state index < -0.39 is 5.97 Å². The van der Waals surface area contributed by atoms with Crippen LogP contribution in [0.3, 0.4) is 0 Å². The molecule has 2 aliphatic carbocycles. The maximum absolute atomic E-state index is 11.3. The molecule has 0 atom stereocenters. The van der Waals surface area contributed by atoms with E-state index in [9.17, 15) is 9.90 Å². The zero-order valence-electron chi connectivity index (χ0n) is 15.2. The maximum Gasteiger partial charge on any atom is 0.323 e. The first-order valence-electron chi connectivity index (χ1n) is 9.05. The molecule has 3 N–H and O–H groups in total. The summed E-state index contributed by atoms with van der Waals surface area (Å²) in [5, 5.41) is 9.29. The minimum absolute atomic E-state index is 0.00528. The zero-order valence-corrected chi connectivity index (χ0v) is 15.2. The van der Waals surface area contributed by atoms with E-state index in [1.54, 1.807) is 0 Å². The minimum atomic E-state index is -0.819. The molecule has 2 heterocycles. The van der Waals surface area contributed by atoms with Crippen LogP contribution in [0.5, 0.6) is 0 Å². The predicted molar refractivity (Wildman–Crippen MR) is 103 cm³/mol. The van der Waals surface area contributed by atoms with E-state index in [0.29, 0.717) is 6.54 Å². The highest BCUT2D eigenvalue weighted by Gasteiger charge is 2.30. The molecule has 0 aromatic carbocycles. The summed E-state index contributed by atoms with van der Waals surface area (Å²) in [6.07, 6.45) is 9.91. The highest BCUT2D eigenvalue weighted by Crippen LogP contribution is 2.42. The number of nitrogens with zero attached hydrogens (tertiary/aromatic N) is 3. The number of carbonyl (C=O) groups is 1. The van der Waals surface area contributed by atoms with Crippen molar-refractivity contribution in [1.29, 1.82) is 0 Å². The summed E-state index contributed by atoms with van der Waals surface area (Å²) >= 11 is 0. The number of aryl methyl sites for hydroxylation is 1. The average molecular weight is 352 g/mol. The number of aliphatic carboxylic acids is 1. The van der Waals surface area contributed by atoms with Crippen molar-refractivity contribution in [3.8, 4) is 0 Å². The summed E-state index contributed by atoms with van der Waals surface area (Å²) in [4.78, 5) is 17.8. The monoisotopic (exact) mass is 352 g/mol. The first-order valence-corrected chi connectivity index (χ1v) is 9.05. The molecule has 0 spiro atoms. The second-order valence-electron chi connectivity index (χ2n) is 7.23. The van der Waals surface area contributed by atoms with Crippen LogP contribution in [0.1, 0.15) is 36.8 Å². The molecule has 26 heavy (non-hydrogen) atoms. The molecular weight excluding hydrogens is 328 g/mol. The molecule has 3 aliphatic rings. The first-order chi connectivity index (χ1) is 12.5. The molecule has 0 amide bonds. The molecule has 0 fully saturated rings. The molecule has 6 nitrogen and oxygen atoms in total. The van der Waals surface area contributed by atoms with Crippen molar-refractivity contribution >= 4 is 23.7 Å². The second-order valence-corrected chi connectivity index (χ2v) is 7.23. The topological polar surface area (TPSA) is 83.8 Å². The lowest BCUT2D eigenvalue weighted by Crippen LogP contribution is -2.35. The van der Waals surface area contributed by atoms with Crippen molar-refractivity contribution in [1.82, 2.24) is 9.47 Å². The Balaban J connectivity index is 1.78. The Hall–Kier alpha value is -2.76. The van der Waals surface area contributed by atoms with Gasteiger partial charge in [-0.15, -0.1) is 0 Å². The van der Waals surface area contributed by atoms with Gasteiger partial charge in [0, 0.05) is 23.7 Å². The van der Waals surface area contributed by atoms with Gasteiger partial charge < -0.3 is 20.3 Å². The van der Waals surface area contributed by atoms with E-state index >= 15 is 0 Å². The molecule has 0 radical (unpaired) electrons. The molecule has 136 valence electrons. The molecule has 6 heteroatoms. The Morgan fingerprint density at radius 1 is 1.27 bits per heavy atom. The van der Waals surface area contributed by atoms with E-state index in [-0.39, 0.29) is 6.54 Å². The fraction of sp³-hybridized carbons (Fsp3) is 0.400. The van der Waals surface area contributed by atoms with E-state index in [2.05, 4.69) is 28.8 Å². The smallest absolute Gasteiger partial charge is 0.323 e. The third-order valence-electron chi connectivity index (χ3n) is 5.63. The van der Waals surface area contributed by atoms with Crippen LogP contribution < -0.4 is 5.73 Å². The molecule has 1 aromatic rings. The number of carboxylic acids is 1. The Morgan fingerprint density at radius 3 is 2.73 bits per heavy atom. The summed E-state index contributed by atoms with van der Waals surface area (Å²) in [6, 6.07) is 0. The van der Waals surface area contributed by atoms with Gasteiger partial charge >= 0.3 is 5.97 Å². The summed E-state index contributed by atoms with van der Waals surface area (Å²) in [7, 11) is 0. The van der Waals surface area contributed by atoms with Crippen molar-refractivity contribution in [2.45, 2.75) is 39.5 Å². The standard InChI is InChI=1S/C20H24N4O2/c1-12-10-24(20(21)13(12)2)15-5-3-14-4-6-17-19(16(14)9-15)23(8-7-22-17)11-18(25)26/h7,9-10H,3-6,8,11,21H2,1-2H3,(H,25,26). The Bertz CT molecular complexity index is 914. The number of anilines is 1. The van der Waals surface area contributed by atoms with Gasteiger partial charge in [0.2, 0.25) is 0 Å². The van der Waals surface area contributed by atoms with Gasteiger partial charge in [-0.05, 0) is 56.7 Å². The van der Waals surface area contributed by atoms with Crippen LogP contribution in [0.25, 0.3) is 5.70 Å². The van der Waals surface area contributed by atoms with Gasteiger partial charge in [0.15, 0.2) is 0 Å². The number of allylic oxidation sites excluding steroid dienone is 4. The van der Waals surface area contributed by atoms with Crippen molar-refractivity contribution in [2.24, 2.45) is 4.99 Å². The van der Waals surface area contributed by atoms with Crippen molar-refractivity contribution in [3.05, 3.63) is 45.9 Å². The van der Waals surface area contributed by atoms with Gasteiger partial charge in [-0.25, -0.2) is 0 Å². The minimum Gasteiger partial charge on any atom is -0.480 e. The average Bonchev–Trinajstić information content (AvgIpc) is 2.88. The fourth-order valence-corrected chi connectivity index (χ4v) is 4.09. The quantitative estimate of drug-likeness (QED) is 0.875. The molecule has 0 bridgehead atoms. The van der Waals surface area contributed by atoms with E-state index in [4.69, 9.17) is 5.73 Å². The van der Waals surface area contributed by atoms with Gasteiger partial charge in [0.25, 0.3) is 0 Å². The van der Waals surface area contributed by atoms with Gasteiger partial charge in [0.05, 0.1) is 17.9 Å². The Kier molecular flexibility index (Phi) is 3.98. The van der Waals surface area contributed by atoms with Crippen molar-refractivity contribution in [3.63, 3.8) is 0 Å². The number of carboxylic acid groups (broad SMARTS) is 1. The second kappa shape index (κ2) is 6.20. The third kappa shape index (κ3) is 2.66. The largest absolute Gasteiger partial charge is 0.480 e. The van der Waals surface area contributed by atoms with Crippen molar-refractivity contribution in [2.75, 3.05) is 18.8 Å². The van der Waals surface area contributed by atoms with Crippen LogP contribution in [0, 0.1) is 13.8 Å². The summed E-state index contributed by atoms with van der Waals surface area (Å²) in [5.41, 5.74) is 14.3. The van der Waals surface area contributed by atoms with Crippen LogP contribution in [0.15, 0.2) is 39.8 Å². The van der Waals surface area contributed by atoms with Gasteiger partial charge in [-0.3, -0.25) is 9.79 Å². The van der Waals surface area contributed by atoms with E-state index in [1.807, 2.05) is 18.0 Å². The first kappa shape index (κ1) is 16.7. The van der Waals surface area contributed by atoms with Crippen LogP contribution in [0.4, 0.5) is 5.82 Å². The van der Waals surface area contributed by atoms with Gasteiger partial charge in [0.1, 0.15) is 12.4 Å². The zero-order chi connectivity index (χ0) is 18.4. The number of hydrogen-bond donors (Lipinski definition) is 2. The highest BCUT2D eigenvalue weighted by molar-refractivity contribution is 5.74. The fourth-order valence-electron chi connectivity index (χ4n) is 4.09. The number of aliphatic imine (C=N–C) groups is 1. The lowest BCUT2D eigenvalue weighted by Gasteiger charge is -2.35. The maximum atomic E-state index is 11.3. The van der Waals surface area contributed by atoms with Gasteiger partial charge in [-0.1, -0.05) is 5.57 Å². The molecule has 0 saturated carbocycles. The third-order valence-corrected chi connectivity index (χ3v) is 5.63. The van der Waals surface area contributed by atoms with Crippen LogP contribution in [-0.2, 0) is 4.79 Å². The Morgan fingerprint density at radius 2 is 2.04 bits per heavy atom. The number of nitrogens with two attached hydrogens (primary N) is 1. The molecule has 0 saturated heterocycles. The van der Waals surface area contributed by atoms with E-state index in [1.165, 1.54) is 11.1 Å². The molecule has 4 rings (SSSR count). The summed E-state index contributed by atoms with van der Waals surface area (Å²) in [6.45, 7) is 4.65. The number of aromatic nitrogens is 1. The molecule has 1 aromatic heterocycles. The number of nitrogen functional groups attached to an aromatic ring is 1. The summed E-state index contributed by atoms with van der Waals surface area (Å²) < 4.78 is 2.08. The Labute approximate surface area is 153 Å². The SMILES string of the molecule is Cc1cn(C2=CC3=C(CC2)CCC2=C3N(CC(=O)O)CC=N2)c(N)c1C. The van der Waals surface area contributed by atoms with Crippen molar-refractivity contribution < 1.29 is 9.90 Å². The number of fused-ring (bicyclic) bond motifs is 1. The lowest BCUT2D eigenvalue weighted by atomic mass is 9.84. The van der Waals surface area contributed by atoms with Crippen LogP contribution in [0.2, 0.25) is 0 Å². The predicted octanol–water partition coefficient (Wildman–Crippen LogP) is 3.09. The van der Waals surface area contributed by atoms with Crippen LogP contribution in [-0.4, -0.2) is 39.8 Å². The molecular formula is C20H24N4O2. The number of rotatable bonds is 3. The number of hydrogen-bond acceptors (Lipinski definition) is 4. The van der Waals surface area contributed by atoms with Crippen LogP contribution >= 0.6 is 0 Å². The van der Waals surface area contributed by atoms with Gasteiger partial charge in [-0.2, -0.15) is 0 Å². The molecule has 0 unspecified atom stereocenters. The lowest BCUT2D eigenvalue weighted by molar-refractivity contribution is -0.137. The molecule has 1 aliphatic heterocycles. The summed E-state index contributed by atoms with van der Waals surface area (Å²) in [5.74, 6) is -0.0346. The highest BCUT2D eigenvalue weighted by atomic mass is 16.4. The normalized spacial score (nSPS) is 19.5.